The summed E-state index contributed by atoms with van der Waals surface area (Å²) in [6, 6.07) is 5.13. The Morgan fingerprint density at radius 1 is 1.20 bits per heavy atom. The maximum Gasteiger partial charge on any atom is 0.272 e. The first-order chi connectivity index (χ1) is 18.9. The highest BCUT2D eigenvalue weighted by atomic mass is 32.2. The minimum atomic E-state index is -4.10. The Bertz CT molecular complexity index is 1550. The molecule has 1 saturated carbocycles. The maximum absolute atomic E-state index is 13.5. The van der Waals surface area contributed by atoms with Gasteiger partial charge in [0.1, 0.15) is 5.82 Å². The van der Waals surface area contributed by atoms with Crippen molar-refractivity contribution in [3.8, 4) is 11.7 Å². The third-order valence-electron chi connectivity index (χ3n) is 8.80. The van der Waals surface area contributed by atoms with Crippen LogP contribution in [0.1, 0.15) is 75.3 Å². The van der Waals surface area contributed by atoms with Gasteiger partial charge in [0.25, 0.3) is 15.9 Å². The van der Waals surface area contributed by atoms with Crippen LogP contribution in [-0.2, 0) is 16.6 Å². The van der Waals surface area contributed by atoms with E-state index in [1.54, 1.807) is 29.9 Å². The Hall–Kier alpha value is -3.41. The predicted molar refractivity (Wildman–Crippen MR) is 148 cm³/mol. The van der Waals surface area contributed by atoms with Crippen LogP contribution in [0.2, 0.25) is 0 Å². The monoisotopic (exact) mass is 568 g/mol. The van der Waals surface area contributed by atoms with Gasteiger partial charge in [-0.05, 0) is 69.4 Å². The minimum absolute atomic E-state index is 0.0624. The number of rotatable bonds is 5. The molecule has 11 nitrogen and oxygen atoms in total. The maximum atomic E-state index is 13.5. The van der Waals surface area contributed by atoms with Crippen molar-refractivity contribution in [1.29, 1.82) is 0 Å². The van der Waals surface area contributed by atoms with Gasteiger partial charge in [-0.1, -0.05) is 6.92 Å². The third-order valence-corrected chi connectivity index (χ3v) is 10.2. The molecular formula is C28H38N7O4S+. The zero-order valence-corrected chi connectivity index (χ0v) is 24.4. The summed E-state index contributed by atoms with van der Waals surface area (Å²) in [5.41, 5.74) is 0.912. The molecule has 0 radical (unpaired) electrons. The van der Waals surface area contributed by atoms with Crippen molar-refractivity contribution in [2.75, 3.05) is 18.1 Å². The van der Waals surface area contributed by atoms with Gasteiger partial charge < -0.3 is 9.64 Å². The van der Waals surface area contributed by atoms with Crippen molar-refractivity contribution in [2.24, 2.45) is 11.3 Å². The predicted octanol–water partition coefficient (Wildman–Crippen LogP) is 3.28. The molecule has 0 aromatic carbocycles. The smallest absolute Gasteiger partial charge is 0.272 e. The number of nitrogens with zero attached hydrogens (tertiary/aromatic N) is 5. The van der Waals surface area contributed by atoms with Gasteiger partial charge >= 0.3 is 0 Å². The molecule has 2 fully saturated rings. The number of ether oxygens (including phenoxy) is 1. The molecule has 1 amide bonds. The molecule has 1 aliphatic carbocycles. The average molecular weight is 569 g/mol. The van der Waals surface area contributed by atoms with Gasteiger partial charge in [0.15, 0.2) is 17.3 Å². The normalized spacial score (nSPS) is 22.8. The second-order valence-electron chi connectivity index (χ2n) is 12.5. The van der Waals surface area contributed by atoms with E-state index in [1.165, 1.54) is 19.0 Å². The summed E-state index contributed by atoms with van der Waals surface area (Å²) in [6.45, 7) is 10.3. The highest BCUT2D eigenvalue weighted by molar-refractivity contribution is 7.90. The molecule has 1 saturated heterocycles. The van der Waals surface area contributed by atoms with Gasteiger partial charge in [-0.2, -0.15) is 5.10 Å². The number of H-pyrrole nitrogens is 1. The summed E-state index contributed by atoms with van der Waals surface area (Å²) in [6.07, 6.45) is 9.55. The molecule has 12 heteroatoms. The van der Waals surface area contributed by atoms with Crippen LogP contribution < -0.4 is 19.0 Å². The molecule has 2 aliphatic heterocycles. The molecule has 3 aromatic rings. The molecule has 4 bridgehead atoms. The van der Waals surface area contributed by atoms with Crippen LogP contribution >= 0.6 is 0 Å². The number of carbonyl (C=O) groups is 1. The van der Waals surface area contributed by atoms with Crippen LogP contribution in [0, 0.1) is 18.3 Å². The van der Waals surface area contributed by atoms with E-state index < -0.39 is 15.9 Å². The first-order valence-corrected chi connectivity index (χ1v) is 15.6. The Labute approximate surface area is 235 Å². The highest BCUT2D eigenvalue weighted by Crippen LogP contribution is 2.48. The lowest BCUT2D eigenvalue weighted by molar-refractivity contribution is -0.756. The van der Waals surface area contributed by atoms with Gasteiger partial charge in [-0.25, -0.2) is 22.8 Å². The number of fused-ring (bicyclic) bond motifs is 6. The Morgan fingerprint density at radius 2 is 2.00 bits per heavy atom. The van der Waals surface area contributed by atoms with E-state index in [1.807, 2.05) is 10.7 Å². The number of hydrogen-bond acceptors (Lipinski definition) is 7. The number of amides is 1. The molecule has 40 heavy (non-hydrogen) atoms. The van der Waals surface area contributed by atoms with Crippen LogP contribution in [0.5, 0.6) is 5.88 Å². The fourth-order valence-corrected chi connectivity index (χ4v) is 7.20. The first-order valence-electron chi connectivity index (χ1n) is 14.1. The van der Waals surface area contributed by atoms with E-state index in [4.69, 9.17) is 9.72 Å². The average Bonchev–Trinajstić information content (AvgIpc) is 3.19. The molecule has 6 rings (SSSR count). The number of aryl methyl sites for hydroxylation is 1. The number of aromatic nitrogens is 5. The SMILES string of the molecule is Cc1c2c[nH][n+]1CCCC1CN(c3nc(-n4ccc(OCCC5(C)CC5)n4)ccc3C(=O)NS2(=O)=O)C(C)(C)C1. The number of pyridine rings is 1. The third kappa shape index (κ3) is 5.09. The molecule has 5 heterocycles. The summed E-state index contributed by atoms with van der Waals surface area (Å²) in [7, 11) is -4.10. The van der Waals surface area contributed by atoms with Gasteiger partial charge in [0, 0.05) is 37.7 Å². The van der Waals surface area contributed by atoms with Gasteiger partial charge in [-0.15, -0.1) is 9.78 Å². The minimum Gasteiger partial charge on any atom is -0.477 e. The topological polar surface area (TPSA) is 126 Å². The lowest BCUT2D eigenvalue weighted by Gasteiger charge is -2.34. The van der Waals surface area contributed by atoms with Crippen LogP contribution in [0.25, 0.3) is 5.82 Å². The molecule has 1 atom stereocenters. The molecule has 214 valence electrons. The van der Waals surface area contributed by atoms with Crippen LogP contribution in [0.15, 0.2) is 35.5 Å². The van der Waals surface area contributed by atoms with E-state index in [0.29, 0.717) is 47.7 Å². The first kappa shape index (κ1) is 26.8. The number of hydrogen-bond donors (Lipinski definition) is 2. The van der Waals surface area contributed by atoms with Crippen LogP contribution in [0.4, 0.5) is 5.82 Å². The number of nitrogens with one attached hydrogen (secondary N) is 2. The fraction of sp³-hybridized carbons (Fsp3) is 0.571. The summed E-state index contributed by atoms with van der Waals surface area (Å²) in [5, 5.41) is 7.60. The van der Waals surface area contributed by atoms with Crippen molar-refractivity contribution in [2.45, 2.75) is 83.2 Å². The Balaban J connectivity index is 1.35. The molecule has 3 aromatic heterocycles. The van der Waals surface area contributed by atoms with Gasteiger partial charge in [-0.3, -0.25) is 4.79 Å². The standard InChI is InChI=1S/C28H37N7O4S/c1-19-22-17-29-34(19)13-5-6-20-16-27(2,3)33(18-20)25-21(26(36)32-40(22,37)38)7-8-23(30-25)35-14-9-24(31-35)39-15-12-28(4)10-11-28/h7-9,14,17,20H,5-6,10-13,15-16,18H2,1-4H3,(H,32,36)/p+1. The zero-order valence-electron chi connectivity index (χ0n) is 23.6. The molecule has 0 spiro atoms. The van der Waals surface area contributed by atoms with E-state index in [-0.39, 0.29) is 16.0 Å². The second kappa shape index (κ2) is 9.60. The number of anilines is 1. The van der Waals surface area contributed by atoms with Gasteiger partial charge in [0.05, 0.1) is 18.4 Å². The van der Waals surface area contributed by atoms with E-state index in [0.717, 1.165) is 32.2 Å². The summed E-state index contributed by atoms with van der Waals surface area (Å²) in [4.78, 5) is 20.7. The van der Waals surface area contributed by atoms with Crippen molar-refractivity contribution < 1.29 is 22.6 Å². The number of sulfonamides is 1. The quantitative estimate of drug-likeness (QED) is 0.453. The second-order valence-corrected chi connectivity index (χ2v) is 14.1. The van der Waals surface area contributed by atoms with Crippen molar-refractivity contribution in [3.05, 3.63) is 41.9 Å². The number of carbonyl (C=O) groups excluding carboxylic acids is 1. The van der Waals surface area contributed by atoms with E-state index >= 15 is 0 Å². The molecular weight excluding hydrogens is 530 g/mol. The number of aromatic amines is 1. The Kier molecular flexibility index (Phi) is 6.43. The van der Waals surface area contributed by atoms with E-state index in [9.17, 15) is 13.2 Å². The lowest BCUT2D eigenvalue weighted by Crippen LogP contribution is -2.41. The summed E-state index contributed by atoms with van der Waals surface area (Å²) >= 11 is 0. The summed E-state index contributed by atoms with van der Waals surface area (Å²) < 4.78 is 38.1. The van der Waals surface area contributed by atoms with Crippen molar-refractivity contribution in [3.63, 3.8) is 0 Å². The largest absolute Gasteiger partial charge is 0.477 e. The lowest BCUT2D eigenvalue weighted by atomic mass is 9.93. The molecule has 3 aliphatic rings. The van der Waals surface area contributed by atoms with Crippen molar-refractivity contribution >= 4 is 21.7 Å². The van der Waals surface area contributed by atoms with Crippen LogP contribution in [0.3, 0.4) is 0 Å². The Morgan fingerprint density at radius 3 is 2.77 bits per heavy atom. The summed E-state index contributed by atoms with van der Waals surface area (Å²) in [5.74, 6) is 1.21. The van der Waals surface area contributed by atoms with Crippen molar-refractivity contribution in [1.82, 2.24) is 24.6 Å². The zero-order chi connectivity index (χ0) is 28.3. The van der Waals surface area contributed by atoms with Gasteiger partial charge in [0.2, 0.25) is 11.6 Å². The van der Waals surface area contributed by atoms with E-state index in [2.05, 4.69) is 40.6 Å². The molecule has 1 unspecified atom stereocenters. The van der Waals surface area contributed by atoms with Crippen LogP contribution in [-0.4, -0.2) is 52.9 Å². The fourth-order valence-electron chi connectivity index (χ4n) is 6.02. The highest BCUT2D eigenvalue weighted by Gasteiger charge is 2.41. The molecule has 2 N–H and O–H groups in total.